The lowest BCUT2D eigenvalue weighted by atomic mass is 10.0. The Morgan fingerprint density at radius 1 is 0.932 bits per heavy atom. The van der Waals surface area contributed by atoms with Crippen LogP contribution >= 0.6 is 24.4 Å². The monoisotopic (exact) mass is 634 g/mol. The largest absolute Gasteiger partial charge is 0.479 e. The Labute approximate surface area is 263 Å². The highest BCUT2D eigenvalue weighted by Crippen LogP contribution is 2.38. The zero-order chi connectivity index (χ0) is 30.5. The molecule has 1 N–H and O–H groups in total. The van der Waals surface area contributed by atoms with Gasteiger partial charge in [-0.1, -0.05) is 30.3 Å². The number of ether oxygens (including phenoxy) is 5. The van der Waals surface area contributed by atoms with Crippen molar-refractivity contribution in [1.29, 1.82) is 0 Å². The first-order valence-electron chi connectivity index (χ1n) is 13.7. The molecule has 5 aromatic rings. The molecule has 1 saturated heterocycles. The van der Waals surface area contributed by atoms with Crippen molar-refractivity contribution in [3.8, 4) is 5.88 Å². The maximum Gasteiger partial charge on any atom is 0.269 e. The maximum atomic E-state index is 6.50. The number of fused-ring (bicyclic) bond motifs is 1. The lowest BCUT2D eigenvalue weighted by molar-refractivity contribution is 0.0299. The molecule has 1 aliphatic heterocycles. The van der Waals surface area contributed by atoms with E-state index in [4.69, 9.17) is 48.1 Å². The fourth-order valence-corrected chi connectivity index (χ4v) is 5.68. The van der Waals surface area contributed by atoms with Gasteiger partial charge in [0.05, 0.1) is 32.4 Å². The summed E-state index contributed by atoms with van der Waals surface area (Å²) in [6.07, 6.45) is 12.0. The van der Waals surface area contributed by atoms with E-state index in [1.807, 2.05) is 41.1 Å². The van der Waals surface area contributed by atoms with Gasteiger partial charge < -0.3 is 28.3 Å². The lowest BCUT2D eigenvalue weighted by Gasteiger charge is -2.27. The van der Waals surface area contributed by atoms with Gasteiger partial charge in [0.2, 0.25) is 5.88 Å². The Balaban J connectivity index is 1.38. The van der Waals surface area contributed by atoms with Crippen molar-refractivity contribution in [2.45, 2.75) is 37.6 Å². The second-order valence-corrected chi connectivity index (χ2v) is 10.6. The Morgan fingerprint density at radius 3 is 2.27 bits per heavy atom. The highest BCUT2D eigenvalue weighted by Gasteiger charge is 2.49. The molecule has 0 radical (unpaired) electrons. The van der Waals surface area contributed by atoms with Gasteiger partial charge in [-0.2, -0.15) is 4.98 Å². The predicted octanol–water partition coefficient (Wildman–Crippen LogP) is 3.10. The summed E-state index contributed by atoms with van der Waals surface area (Å²) in [6.45, 7) is 0.964. The number of benzene rings is 1. The van der Waals surface area contributed by atoms with Crippen molar-refractivity contribution in [3.05, 3.63) is 91.4 Å². The minimum atomic E-state index is -0.670. The number of nitrogens with zero attached hydrogens (tertiary/aromatic N) is 7. The van der Waals surface area contributed by atoms with Crippen LogP contribution in [0.3, 0.4) is 0 Å². The highest BCUT2D eigenvalue weighted by molar-refractivity contribution is 7.80. The molecular weight excluding hydrogens is 605 g/mol. The van der Waals surface area contributed by atoms with Crippen LogP contribution in [0.15, 0.2) is 80.3 Å². The molecule has 4 aromatic heterocycles. The van der Waals surface area contributed by atoms with E-state index in [9.17, 15) is 0 Å². The summed E-state index contributed by atoms with van der Waals surface area (Å²) in [7, 11) is 3.20. The van der Waals surface area contributed by atoms with Crippen LogP contribution in [0.25, 0.3) is 11.0 Å². The molecule has 5 heterocycles. The van der Waals surface area contributed by atoms with Crippen LogP contribution in [0.5, 0.6) is 5.88 Å². The topological polar surface area (TPSA) is 125 Å². The molecule has 0 aliphatic carbocycles. The number of hydrogen-bond acceptors (Lipinski definition) is 12. The van der Waals surface area contributed by atoms with Gasteiger partial charge in [-0.3, -0.25) is 14.5 Å². The number of thiocarbonyl (C=S) groups is 2. The number of hydrogen-bond donors (Lipinski definition) is 1. The summed E-state index contributed by atoms with van der Waals surface area (Å²) in [5, 5.41) is 4.04. The molecule has 6 rings (SSSR count). The molecule has 4 atom stereocenters. The van der Waals surface area contributed by atoms with Crippen LogP contribution in [0.2, 0.25) is 0 Å². The average Bonchev–Trinajstić information content (AvgIpc) is 3.86. The molecular formula is C29H30N8O5S2. The molecule has 15 heteroatoms. The Kier molecular flexibility index (Phi) is 9.18. The molecule has 0 unspecified atom stereocenters. The molecule has 1 aromatic carbocycles. The summed E-state index contributed by atoms with van der Waals surface area (Å²) in [4.78, 5) is 17.2. The highest BCUT2D eigenvalue weighted by atomic mass is 32.1. The van der Waals surface area contributed by atoms with Crippen LogP contribution in [0.4, 0.5) is 0 Å². The number of nitrogens with one attached hydrogen (secondary N) is 1. The Bertz CT molecular complexity index is 1700. The van der Waals surface area contributed by atoms with E-state index in [0.29, 0.717) is 30.1 Å². The van der Waals surface area contributed by atoms with Gasteiger partial charge in [-0.05, 0) is 30.0 Å². The maximum absolute atomic E-state index is 6.50. The normalized spacial score (nSPS) is 19.7. The molecule has 0 amide bonds. The zero-order valence-electron chi connectivity index (χ0n) is 23.9. The van der Waals surface area contributed by atoms with Gasteiger partial charge in [0.15, 0.2) is 12.2 Å². The third-order valence-corrected chi connectivity index (χ3v) is 7.82. The van der Waals surface area contributed by atoms with Crippen LogP contribution < -0.4 is 10.1 Å². The third kappa shape index (κ3) is 6.18. The summed E-state index contributed by atoms with van der Waals surface area (Å²) in [5.74, 6) is 0.413. The van der Waals surface area contributed by atoms with Crippen molar-refractivity contribution in [3.63, 3.8) is 0 Å². The number of rotatable bonds is 10. The molecule has 1 aliphatic rings. The molecule has 0 saturated carbocycles. The van der Waals surface area contributed by atoms with E-state index in [-0.39, 0.29) is 23.1 Å². The quantitative estimate of drug-likeness (QED) is 0.227. The van der Waals surface area contributed by atoms with Crippen molar-refractivity contribution in [2.24, 2.45) is 0 Å². The SMILES string of the molecule is COC[C@H]1N[C@@H](c2cn(COCc3ccccc3)c3c(OC)ncnc23)[C@H](OC(=S)n2ccnc2)[C@@H]1OC(=S)n1ccnc1. The second kappa shape index (κ2) is 13.6. The first-order chi connectivity index (χ1) is 21.6. The predicted molar refractivity (Wildman–Crippen MR) is 167 cm³/mol. The van der Waals surface area contributed by atoms with E-state index >= 15 is 0 Å². The lowest BCUT2D eigenvalue weighted by Crippen LogP contribution is -2.42. The minimum absolute atomic E-state index is 0.196. The molecule has 0 bridgehead atoms. The summed E-state index contributed by atoms with van der Waals surface area (Å²) >= 11 is 11.3. The van der Waals surface area contributed by atoms with Crippen LogP contribution in [-0.4, -0.2) is 83.1 Å². The first kappa shape index (κ1) is 29.8. The van der Waals surface area contributed by atoms with Crippen LogP contribution in [-0.2, 0) is 32.3 Å². The average molecular weight is 635 g/mol. The van der Waals surface area contributed by atoms with Crippen LogP contribution in [0, 0.1) is 0 Å². The van der Waals surface area contributed by atoms with Gasteiger partial charge in [0.1, 0.15) is 36.7 Å². The van der Waals surface area contributed by atoms with E-state index in [0.717, 1.165) is 11.1 Å². The zero-order valence-corrected chi connectivity index (χ0v) is 25.6. The Hall–Kier alpha value is -4.28. The van der Waals surface area contributed by atoms with Crippen molar-refractivity contribution in [1.82, 2.24) is 39.0 Å². The fourth-order valence-electron chi connectivity index (χ4n) is 5.24. The van der Waals surface area contributed by atoms with E-state index < -0.39 is 18.2 Å². The molecule has 0 spiro atoms. The first-order valence-corrected chi connectivity index (χ1v) is 14.5. The van der Waals surface area contributed by atoms with Crippen molar-refractivity contribution >= 4 is 45.8 Å². The third-order valence-electron chi connectivity index (χ3n) is 7.21. The molecule has 228 valence electrons. The van der Waals surface area contributed by atoms with E-state index in [1.54, 1.807) is 60.8 Å². The summed E-state index contributed by atoms with van der Waals surface area (Å²) in [5.41, 5.74) is 3.21. The van der Waals surface area contributed by atoms with Gasteiger partial charge >= 0.3 is 0 Å². The van der Waals surface area contributed by atoms with E-state index in [2.05, 4.69) is 25.3 Å². The van der Waals surface area contributed by atoms with E-state index in [1.165, 1.54) is 6.33 Å². The fraction of sp³-hybridized carbons (Fsp3) is 0.310. The number of imidazole rings is 2. The molecule has 13 nitrogen and oxygen atoms in total. The Morgan fingerprint density at radius 2 is 1.64 bits per heavy atom. The summed E-state index contributed by atoms with van der Waals surface area (Å²) < 4.78 is 35.4. The minimum Gasteiger partial charge on any atom is -0.479 e. The van der Waals surface area contributed by atoms with Crippen LogP contribution in [0.1, 0.15) is 17.2 Å². The standard InChI is InChI=1S/C29H30N8O5S2/c1-38-14-21-25(41-28(43)35-10-8-30-16-35)26(42-29(44)36-11-9-31-17-36)23(34-21)20-12-37(18-40-13-19-6-4-3-5-7-19)24-22(20)32-15-33-27(24)39-2/h3-12,15-17,21,23,25-26,34H,13-14,18H2,1-2H3/t21-,23+,25-,26+/m1/s1. The number of aromatic nitrogens is 7. The van der Waals surface area contributed by atoms with Gasteiger partial charge in [-0.25, -0.2) is 15.0 Å². The van der Waals surface area contributed by atoms with Gasteiger partial charge in [0.25, 0.3) is 10.3 Å². The van der Waals surface area contributed by atoms with Gasteiger partial charge in [0, 0.05) is 43.7 Å². The molecule has 44 heavy (non-hydrogen) atoms. The number of methoxy groups -OCH3 is 2. The summed E-state index contributed by atoms with van der Waals surface area (Å²) in [6, 6.07) is 9.15. The van der Waals surface area contributed by atoms with Crippen molar-refractivity contribution in [2.75, 3.05) is 20.8 Å². The van der Waals surface area contributed by atoms with Gasteiger partial charge in [-0.15, -0.1) is 0 Å². The smallest absolute Gasteiger partial charge is 0.269 e. The molecule has 1 fully saturated rings. The second-order valence-electron chi connectivity index (χ2n) is 9.94. The van der Waals surface area contributed by atoms with Crippen molar-refractivity contribution < 1.29 is 23.7 Å².